The Morgan fingerprint density at radius 1 is 1.21 bits per heavy atom. The third-order valence-corrected chi connectivity index (χ3v) is 6.71. The van der Waals surface area contributed by atoms with E-state index in [-0.39, 0.29) is 11.8 Å². The van der Waals surface area contributed by atoms with Crippen LogP contribution < -0.4 is 5.32 Å². The molecule has 0 radical (unpaired) electrons. The highest BCUT2D eigenvalue weighted by Gasteiger charge is 2.23. The van der Waals surface area contributed by atoms with Crippen LogP contribution in [0.25, 0.3) is 0 Å². The Kier molecular flexibility index (Phi) is 8.09. The number of hydrogen-bond donors (Lipinski definition) is 1. The van der Waals surface area contributed by atoms with Crippen molar-refractivity contribution in [1.82, 2.24) is 20.1 Å². The molecule has 8 heteroatoms. The number of nitrogens with zero attached hydrogens (tertiary/aromatic N) is 3. The minimum atomic E-state index is 0.0475. The molecule has 156 valence electrons. The van der Waals surface area contributed by atoms with Crippen LogP contribution in [0.2, 0.25) is 0 Å². The average Bonchev–Trinajstić information content (AvgIpc) is 2.99. The summed E-state index contributed by atoms with van der Waals surface area (Å²) in [7, 11) is 0. The minimum absolute atomic E-state index is 0.0475. The number of carbonyl (C=O) groups is 2. The van der Waals surface area contributed by atoms with E-state index >= 15 is 0 Å². The van der Waals surface area contributed by atoms with Gasteiger partial charge in [-0.1, -0.05) is 12.1 Å². The van der Waals surface area contributed by atoms with E-state index in [0.717, 1.165) is 53.0 Å². The Balaban J connectivity index is 1.62. The Labute approximate surface area is 180 Å². The molecule has 2 aromatic rings. The van der Waals surface area contributed by atoms with E-state index < -0.39 is 0 Å². The maximum atomic E-state index is 13.2. The lowest BCUT2D eigenvalue weighted by molar-refractivity contribution is -0.122. The second kappa shape index (κ2) is 10.8. The van der Waals surface area contributed by atoms with Gasteiger partial charge in [0.15, 0.2) is 0 Å². The van der Waals surface area contributed by atoms with Crippen molar-refractivity contribution in [3.05, 3.63) is 45.9 Å². The topological polar surface area (TPSA) is 65.5 Å². The molecule has 2 heterocycles. The molecule has 0 unspecified atom stereocenters. The number of nitrogens with one attached hydrogen (secondary N) is 1. The van der Waals surface area contributed by atoms with E-state index in [4.69, 9.17) is 0 Å². The summed E-state index contributed by atoms with van der Waals surface area (Å²) in [5.41, 5.74) is 1.80. The molecule has 1 aromatic carbocycles. The second-order valence-electron chi connectivity index (χ2n) is 7.02. The van der Waals surface area contributed by atoms with E-state index in [1.54, 1.807) is 23.1 Å². The van der Waals surface area contributed by atoms with Gasteiger partial charge in [-0.3, -0.25) is 14.5 Å². The molecule has 3 rings (SSSR count). The molecule has 1 N–H and O–H groups in total. The lowest BCUT2D eigenvalue weighted by Gasteiger charge is -2.22. The first-order valence-electron chi connectivity index (χ1n) is 9.98. The van der Waals surface area contributed by atoms with Crippen molar-refractivity contribution in [2.24, 2.45) is 0 Å². The number of hydrogen-bond acceptors (Lipinski definition) is 6. The molecule has 1 aromatic heterocycles. The van der Waals surface area contributed by atoms with Crippen LogP contribution in [-0.4, -0.2) is 65.9 Å². The van der Waals surface area contributed by atoms with Crippen LogP contribution in [0.1, 0.15) is 34.4 Å². The molecule has 29 heavy (non-hydrogen) atoms. The number of aryl methyl sites for hydroxylation is 1. The van der Waals surface area contributed by atoms with Gasteiger partial charge in [0.05, 0.1) is 22.8 Å². The first kappa shape index (κ1) is 21.8. The molecule has 1 aliphatic heterocycles. The first-order chi connectivity index (χ1) is 14.1. The zero-order valence-corrected chi connectivity index (χ0v) is 18.7. The summed E-state index contributed by atoms with van der Waals surface area (Å²) in [6.07, 6.45) is 0.874. The van der Waals surface area contributed by atoms with Gasteiger partial charge in [0, 0.05) is 48.8 Å². The zero-order valence-electron chi connectivity index (χ0n) is 17.0. The summed E-state index contributed by atoms with van der Waals surface area (Å²) in [5.74, 6) is 0.878. The number of amides is 2. The number of likely N-dealkylation sites (N-methyl/N-ethyl adjacent to an activating group) is 1. The number of benzene rings is 1. The summed E-state index contributed by atoms with van der Waals surface area (Å²) in [5, 5.41) is 5.98. The van der Waals surface area contributed by atoms with Crippen molar-refractivity contribution in [2.45, 2.75) is 30.9 Å². The van der Waals surface area contributed by atoms with Crippen LogP contribution in [0.3, 0.4) is 0 Å². The van der Waals surface area contributed by atoms with Crippen LogP contribution in [-0.2, 0) is 10.5 Å². The molecule has 6 nitrogen and oxygen atoms in total. The predicted octanol–water partition coefficient (Wildman–Crippen LogP) is 3.03. The molecule has 1 fully saturated rings. The molecule has 0 aliphatic carbocycles. The van der Waals surface area contributed by atoms with Crippen molar-refractivity contribution < 1.29 is 9.59 Å². The Hall–Kier alpha value is -1.90. The van der Waals surface area contributed by atoms with Crippen LogP contribution in [0, 0.1) is 6.92 Å². The fraction of sp³-hybridized carbons (Fsp3) is 0.476. The molecule has 0 bridgehead atoms. The number of thiazole rings is 1. The first-order valence-corrected chi connectivity index (χ1v) is 11.8. The molecule has 1 aliphatic rings. The van der Waals surface area contributed by atoms with E-state index in [0.29, 0.717) is 19.6 Å². The number of rotatable bonds is 7. The Morgan fingerprint density at radius 2 is 2.03 bits per heavy atom. The lowest BCUT2D eigenvalue weighted by Crippen LogP contribution is -2.40. The van der Waals surface area contributed by atoms with Gasteiger partial charge in [-0.05, 0) is 32.4 Å². The van der Waals surface area contributed by atoms with Crippen molar-refractivity contribution in [3.8, 4) is 0 Å². The van der Waals surface area contributed by atoms with Gasteiger partial charge in [0.25, 0.3) is 5.91 Å². The molecule has 0 saturated carbocycles. The molecule has 2 amide bonds. The van der Waals surface area contributed by atoms with E-state index in [1.807, 2.05) is 43.0 Å². The van der Waals surface area contributed by atoms with Crippen LogP contribution in [0.5, 0.6) is 0 Å². The summed E-state index contributed by atoms with van der Waals surface area (Å²) < 4.78 is 0. The van der Waals surface area contributed by atoms with Crippen molar-refractivity contribution in [3.63, 3.8) is 0 Å². The monoisotopic (exact) mass is 432 g/mol. The van der Waals surface area contributed by atoms with Crippen LogP contribution >= 0.6 is 23.1 Å². The van der Waals surface area contributed by atoms with Gasteiger partial charge in [0.2, 0.25) is 5.91 Å². The third kappa shape index (κ3) is 6.29. The summed E-state index contributed by atoms with van der Waals surface area (Å²) in [6, 6.07) is 7.82. The van der Waals surface area contributed by atoms with Gasteiger partial charge in [-0.15, -0.1) is 23.1 Å². The fourth-order valence-corrected chi connectivity index (χ4v) is 5.01. The van der Waals surface area contributed by atoms with Crippen molar-refractivity contribution >= 4 is 34.9 Å². The lowest BCUT2D eigenvalue weighted by atomic mass is 10.2. The summed E-state index contributed by atoms with van der Waals surface area (Å²) in [6.45, 7) is 7.88. The largest absolute Gasteiger partial charge is 0.355 e. The smallest absolute Gasteiger partial charge is 0.255 e. The summed E-state index contributed by atoms with van der Waals surface area (Å²) in [4.78, 5) is 34.6. The van der Waals surface area contributed by atoms with E-state index in [2.05, 4.69) is 20.6 Å². The molecule has 0 atom stereocenters. The number of aromatic nitrogens is 1. The van der Waals surface area contributed by atoms with Crippen molar-refractivity contribution in [1.29, 1.82) is 0 Å². The van der Waals surface area contributed by atoms with Crippen LogP contribution in [0.15, 0.2) is 34.5 Å². The average molecular weight is 433 g/mol. The molecular weight excluding hydrogens is 404 g/mol. The molecule has 1 saturated heterocycles. The third-order valence-electron chi connectivity index (χ3n) is 4.78. The highest BCUT2D eigenvalue weighted by Crippen LogP contribution is 2.28. The SMILES string of the molecule is CCNC(=O)CN1CCCN(C(=O)c2ccccc2SCc2csc(C)n2)CC1. The van der Waals surface area contributed by atoms with Crippen LogP contribution in [0.4, 0.5) is 0 Å². The van der Waals surface area contributed by atoms with Gasteiger partial charge in [0.1, 0.15) is 0 Å². The molecular formula is C21H28N4O2S2. The molecule has 0 spiro atoms. The van der Waals surface area contributed by atoms with Crippen molar-refractivity contribution in [2.75, 3.05) is 39.3 Å². The van der Waals surface area contributed by atoms with Gasteiger partial charge < -0.3 is 10.2 Å². The van der Waals surface area contributed by atoms with Gasteiger partial charge >= 0.3 is 0 Å². The maximum absolute atomic E-state index is 13.2. The minimum Gasteiger partial charge on any atom is -0.355 e. The number of thioether (sulfide) groups is 1. The van der Waals surface area contributed by atoms with Gasteiger partial charge in [-0.2, -0.15) is 0 Å². The maximum Gasteiger partial charge on any atom is 0.255 e. The van der Waals surface area contributed by atoms with Gasteiger partial charge in [-0.25, -0.2) is 4.98 Å². The van der Waals surface area contributed by atoms with E-state index in [9.17, 15) is 9.59 Å². The highest BCUT2D eigenvalue weighted by molar-refractivity contribution is 7.98. The number of carbonyl (C=O) groups excluding carboxylic acids is 2. The van der Waals surface area contributed by atoms with E-state index in [1.165, 1.54) is 0 Å². The fourth-order valence-electron chi connectivity index (χ4n) is 3.35. The Morgan fingerprint density at radius 3 is 2.79 bits per heavy atom. The quantitative estimate of drug-likeness (QED) is 0.682. The summed E-state index contributed by atoms with van der Waals surface area (Å²) >= 11 is 3.31. The second-order valence-corrected chi connectivity index (χ2v) is 9.10. The normalized spacial score (nSPS) is 15.2. The Bertz CT molecular complexity index is 840. The zero-order chi connectivity index (χ0) is 20.6. The predicted molar refractivity (Wildman–Crippen MR) is 118 cm³/mol. The highest BCUT2D eigenvalue weighted by atomic mass is 32.2. The standard InChI is InChI=1S/C21H28N4O2S2/c1-3-22-20(26)13-24-9-6-10-25(12-11-24)21(27)18-7-4-5-8-19(18)29-15-17-14-28-16(2)23-17/h4-5,7-8,14H,3,6,9-13,15H2,1-2H3,(H,22,26).